The first kappa shape index (κ1) is 25.0. The molecule has 1 aromatic carbocycles. The molecule has 0 radical (unpaired) electrons. The molecular weight excluding hydrogens is 376 g/mol. The van der Waals surface area contributed by atoms with Crippen LogP contribution in [0.1, 0.15) is 58.4 Å². The van der Waals surface area contributed by atoms with Crippen molar-refractivity contribution in [3.8, 4) is 0 Å². The number of ether oxygens (including phenoxy) is 2. The van der Waals surface area contributed by atoms with E-state index in [2.05, 4.69) is 13.8 Å². The monoisotopic (exact) mass is 412 g/mol. The Kier molecular flexibility index (Phi) is 11.1. The lowest BCUT2D eigenvalue weighted by molar-refractivity contribution is -0.139. The van der Waals surface area contributed by atoms with Crippen molar-refractivity contribution in [3.63, 3.8) is 0 Å². The summed E-state index contributed by atoms with van der Waals surface area (Å²) in [6, 6.07) is 9.47. The molecule has 1 fully saturated rings. The van der Waals surface area contributed by atoms with Crippen LogP contribution in [0.5, 0.6) is 0 Å². The van der Waals surface area contributed by atoms with Crippen LogP contribution in [0.15, 0.2) is 30.3 Å². The predicted molar refractivity (Wildman–Crippen MR) is 115 cm³/mol. The third-order valence-electron chi connectivity index (χ3n) is 4.56. The Morgan fingerprint density at radius 2 is 1.82 bits per heavy atom. The molecule has 0 bridgehead atoms. The van der Waals surface area contributed by atoms with Crippen LogP contribution in [0.25, 0.3) is 0 Å². The van der Waals surface area contributed by atoms with Gasteiger partial charge in [0.15, 0.2) is 5.79 Å². The molecule has 2 N–H and O–H groups in total. The first-order valence-corrected chi connectivity index (χ1v) is 11.1. The zero-order chi connectivity index (χ0) is 21.0. The van der Waals surface area contributed by atoms with Gasteiger partial charge in [-0.05, 0) is 43.4 Å². The van der Waals surface area contributed by atoms with Gasteiger partial charge in [0, 0.05) is 5.75 Å². The number of carboxylic acids is 1. The van der Waals surface area contributed by atoms with Gasteiger partial charge < -0.3 is 19.7 Å². The van der Waals surface area contributed by atoms with E-state index in [1.54, 1.807) is 11.8 Å². The van der Waals surface area contributed by atoms with Crippen LogP contribution < -0.4 is 0 Å². The van der Waals surface area contributed by atoms with E-state index < -0.39 is 11.9 Å². The highest BCUT2D eigenvalue weighted by atomic mass is 32.2. The Hall–Kier alpha value is -1.08. The number of benzene rings is 1. The van der Waals surface area contributed by atoms with E-state index in [9.17, 15) is 9.90 Å². The molecule has 1 unspecified atom stereocenters. The molecule has 1 aliphatic rings. The van der Waals surface area contributed by atoms with E-state index in [0.717, 1.165) is 43.1 Å². The van der Waals surface area contributed by atoms with E-state index in [0.29, 0.717) is 6.42 Å². The second-order valence-corrected chi connectivity index (χ2v) is 9.34. The van der Waals surface area contributed by atoms with Gasteiger partial charge in [-0.3, -0.25) is 4.79 Å². The number of aliphatic carboxylic acids is 1. The van der Waals surface area contributed by atoms with Gasteiger partial charge in [-0.25, -0.2) is 0 Å². The van der Waals surface area contributed by atoms with Gasteiger partial charge in [-0.1, -0.05) is 50.6 Å². The van der Waals surface area contributed by atoms with Gasteiger partial charge in [0.25, 0.3) is 0 Å². The Morgan fingerprint density at radius 1 is 1.21 bits per heavy atom. The van der Waals surface area contributed by atoms with E-state index in [1.165, 1.54) is 0 Å². The molecule has 1 atom stereocenters. The molecule has 1 saturated heterocycles. The number of thioether (sulfide) groups is 1. The molecular formula is C22H36O5S. The summed E-state index contributed by atoms with van der Waals surface area (Å²) in [5.74, 6) is 0.308. The van der Waals surface area contributed by atoms with Crippen LogP contribution in [0.3, 0.4) is 0 Å². The van der Waals surface area contributed by atoms with E-state index in [4.69, 9.17) is 14.6 Å². The molecule has 1 heterocycles. The fourth-order valence-electron chi connectivity index (χ4n) is 3.00. The second-order valence-electron chi connectivity index (χ2n) is 8.23. The zero-order valence-electron chi connectivity index (χ0n) is 17.6. The summed E-state index contributed by atoms with van der Waals surface area (Å²) in [6.07, 6.45) is 2.58. The molecule has 160 valence electrons. The van der Waals surface area contributed by atoms with E-state index >= 15 is 0 Å². The fraction of sp³-hybridized carbons (Fsp3) is 0.682. The quantitative estimate of drug-likeness (QED) is 0.549. The lowest BCUT2D eigenvalue weighted by Crippen LogP contribution is -2.18. The van der Waals surface area contributed by atoms with Crippen LogP contribution in [-0.2, 0) is 14.3 Å². The van der Waals surface area contributed by atoms with Gasteiger partial charge >= 0.3 is 5.97 Å². The number of aliphatic hydroxyl groups excluding tert-OH is 1. The van der Waals surface area contributed by atoms with Gasteiger partial charge in [-0.2, -0.15) is 11.8 Å². The Bertz CT molecular complexity index is 551. The van der Waals surface area contributed by atoms with Crippen LogP contribution in [0.2, 0.25) is 0 Å². The van der Waals surface area contributed by atoms with Crippen LogP contribution >= 0.6 is 11.8 Å². The molecule has 1 aliphatic heterocycles. The van der Waals surface area contributed by atoms with Crippen molar-refractivity contribution in [3.05, 3.63) is 35.9 Å². The third-order valence-corrected chi connectivity index (χ3v) is 6.01. The summed E-state index contributed by atoms with van der Waals surface area (Å²) in [4.78, 5) is 11.4. The van der Waals surface area contributed by atoms with Crippen LogP contribution in [0.4, 0.5) is 0 Å². The lowest BCUT2D eigenvalue weighted by Gasteiger charge is -2.24. The molecule has 6 heteroatoms. The first-order valence-electron chi connectivity index (χ1n) is 9.91. The summed E-state index contributed by atoms with van der Waals surface area (Å²) in [7, 11) is 0. The number of hydrogen-bond acceptors (Lipinski definition) is 5. The highest BCUT2D eigenvalue weighted by molar-refractivity contribution is 7.99. The average molecular weight is 413 g/mol. The van der Waals surface area contributed by atoms with Crippen molar-refractivity contribution < 1.29 is 24.5 Å². The normalized spacial score (nSPS) is 16.9. The standard InChI is InChI=1S/C17H26O3S.C5H10O2/c1-17(2,13-21-12-11-18)10-6-9-15(16(19)20)14-7-4-3-5-8-14;1-5(2)6-3-4-7-5/h3-5,7-8,15,18H,6,9-13H2,1-2H3,(H,19,20);3-4H2,1-2H3. The molecule has 0 aliphatic carbocycles. The topological polar surface area (TPSA) is 76.0 Å². The smallest absolute Gasteiger partial charge is 0.310 e. The van der Waals surface area contributed by atoms with Crippen molar-refractivity contribution in [2.45, 2.75) is 58.7 Å². The fourth-order valence-corrected chi connectivity index (χ4v) is 3.97. The minimum absolute atomic E-state index is 0.180. The van der Waals surface area contributed by atoms with Crippen molar-refractivity contribution in [2.24, 2.45) is 5.41 Å². The largest absolute Gasteiger partial charge is 0.481 e. The number of carboxylic acid groups (broad SMARTS) is 1. The predicted octanol–water partition coefficient (Wildman–Crippen LogP) is 4.55. The highest BCUT2D eigenvalue weighted by Gasteiger charge is 2.24. The van der Waals surface area contributed by atoms with Crippen molar-refractivity contribution in [2.75, 3.05) is 31.3 Å². The number of carbonyl (C=O) groups is 1. The van der Waals surface area contributed by atoms with Gasteiger partial charge in [0.1, 0.15) is 0 Å². The third kappa shape index (κ3) is 10.5. The summed E-state index contributed by atoms with van der Waals surface area (Å²) in [5, 5.41) is 18.2. The van der Waals surface area contributed by atoms with Crippen LogP contribution in [0, 0.1) is 5.41 Å². The summed E-state index contributed by atoms with van der Waals surface area (Å²) >= 11 is 1.76. The summed E-state index contributed by atoms with van der Waals surface area (Å²) in [6.45, 7) is 9.95. The first-order chi connectivity index (χ1) is 13.2. The van der Waals surface area contributed by atoms with Gasteiger partial charge in [-0.15, -0.1) is 0 Å². The zero-order valence-corrected chi connectivity index (χ0v) is 18.5. The van der Waals surface area contributed by atoms with Crippen molar-refractivity contribution in [1.82, 2.24) is 0 Å². The molecule has 0 saturated carbocycles. The van der Waals surface area contributed by atoms with Crippen molar-refractivity contribution in [1.29, 1.82) is 0 Å². The van der Waals surface area contributed by atoms with E-state index in [1.807, 2.05) is 44.2 Å². The number of aliphatic hydroxyl groups is 1. The molecule has 0 spiro atoms. The highest BCUT2D eigenvalue weighted by Crippen LogP contribution is 2.31. The number of rotatable bonds is 10. The number of hydrogen-bond donors (Lipinski definition) is 2. The van der Waals surface area contributed by atoms with Gasteiger partial charge in [0.2, 0.25) is 0 Å². The molecule has 2 rings (SSSR count). The minimum atomic E-state index is -0.742. The van der Waals surface area contributed by atoms with Crippen molar-refractivity contribution >= 4 is 17.7 Å². The van der Waals surface area contributed by atoms with E-state index in [-0.39, 0.29) is 17.8 Å². The average Bonchev–Trinajstić information content (AvgIpc) is 3.04. The Morgan fingerprint density at radius 3 is 2.29 bits per heavy atom. The molecule has 5 nitrogen and oxygen atoms in total. The Labute approximate surface area is 173 Å². The Balaban J connectivity index is 0.000000467. The molecule has 0 amide bonds. The van der Waals surface area contributed by atoms with Gasteiger partial charge in [0.05, 0.1) is 25.7 Å². The molecule has 0 aromatic heterocycles. The molecule has 28 heavy (non-hydrogen) atoms. The SMILES string of the molecule is CC(C)(CCCC(C(=O)O)c1ccccc1)CSCCO.CC1(C)OCCO1. The summed E-state index contributed by atoms with van der Waals surface area (Å²) in [5.41, 5.74) is 1.07. The lowest BCUT2D eigenvalue weighted by atomic mass is 9.86. The maximum atomic E-state index is 11.4. The van der Waals surface area contributed by atoms with Crippen LogP contribution in [-0.4, -0.2) is 53.3 Å². The maximum Gasteiger partial charge on any atom is 0.310 e. The maximum absolute atomic E-state index is 11.4. The minimum Gasteiger partial charge on any atom is -0.481 e. The summed E-state index contributed by atoms with van der Waals surface area (Å²) < 4.78 is 10.2. The second kappa shape index (κ2) is 12.5. The molecule has 1 aromatic rings.